The lowest BCUT2D eigenvalue weighted by Crippen LogP contribution is -2.27. The molecule has 1 aliphatic heterocycles. The van der Waals surface area contributed by atoms with E-state index in [0.29, 0.717) is 5.03 Å². The molecule has 2 heterocycles. The monoisotopic (exact) mass is 209 g/mol. The number of allylic oxidation sites excluding steroid dienone is 1. The first-order chi connectivity index (χ1) is 6.86. The Morgan fingerprint density at radius 1 is 1.43 bits per heavy atom. The van der Waals surface area contributed by atoms with Crippen molar-refractivity contribution >= 4 is 11.8 Å². The second-order valence-electron chi connectivity index (χ2n) is 3.03. The Hall–Kier alpha value is -1.16. The van der Waals surface area contributed by atoms with E-state index in [1.54, 1.807) is 12.3 Å². The Labute approximate surface area is 87.0 Å². The molecule has 0 saturated heterocycles. The van der Waals surface area contributed by atoms with Crippen molar-refractivity contribution in [2.75, 3.05) is 6.61 Å². The largest absolute Gasteiger partial charge is 0.618 e. The molecule has 4 heteroatoms. The minimum Gasteiger partial charge on any atom is -0.618 e. The molecule has 74 valence electrons. The summed E-state index contributed by atoms with van der Waals surface area (Å²) in [4.78, 5) is 1.12. The average Bonchev–Trinajstić information content (AvgIpc) is 2.23. The fourth-order valence-electron chi connectivity index (χ4n) is 1.24. The maximum Gasteiger partial charge on any atom is 0.255 e. The summed E-state index contributed by atoms with van der Waals surface area (Å²) in [5.41, 5.74) is 0. The summed E-state index contributed by atoms with van der Waals surface area (Å²) in [6, 6.07) is 5.40. The molecule has 1 aromatic heterocycles. The van der Waals surface area contributed by atoms with Gasteiger partial charge in [-0.1, -0.05) is 0 Å². The van der Waals surface area contributed by atoms with Crippen molar-refractivity contribution < 1.29 is 9.47 Å². The van der Waals surface area contributed by atoms with Crippen LogP contribution in [-0.2, 0) is 4.74 Å². The Morgan fingerprint density at radius 2 is 2.36 bits per heavy atom. The Balaban J connectivity index is 2.10. The van der Waals surface area contributed by atoms with Gasteiger partial charge in [0.25, 0.3) is 5.03 Å². The van der Waals surface area contributed by atoms with Crippen LogP contribution < -0.4 is 4.73 Å². The van der Waals surface area contributed by atoms with Gasteiger partial charge in [0.05, 0.1) is 12.9 Å². The lowest BCUT2D eigenvalue weighted by Gasteiger charge is -2.12. The first-order valence-electron chi connectivity index (χ1n) is 4.53. The number of nitrogens with zero attached hydrogens (tertiary/aromatic N) is 1. The van der Waals surface area contributed by atoms with E-state index in [4.69, 9.17) is 4.74 Å². The van der Waals surface area contributed by atoms with Gasteiger partial charge in [0, 0.05) is 17.0 Å². The number of hydrogen-bond donors (Lipinski definition) is 0. The standard InChI is InChI=1S/C10H11NO2S/c12-11-6-2-1-5-10(11)14-9-4-3-7-13-8-9/h1-2,5-6,8H,3-4,7H2. The van der Waals surface area contributed by atoms with Gasteiger partial charge < -0.3 is 9.94 Å². The lowest BCUT2D eigenvalue weighted by atomic mass is 10.3. The fourth-order valence-corrected chi connectivity index (χ4v) is 2.17. The van der Waals surface area contributed by atoms with Crippen molar-refractivity contribution in [2.24, 2.45) is 0 Å². The highest BCUT2D eigenvalue weighted by Crippen LogP contribution is 2.29. The normalized spacial score (nSPS) is 15.9. The van der Waals surface area contributed by atoms with Crippen LogP contribution in [0.15, 0.2) is 40.6 Å². The van der Waals surface area contributed by atoms with E-state index in [-0.39, 0.29) is 0 Å². The molecule has 0 amide bonds. The predicted octanol–water partition coefficient (Wildman–Crippen LogP) is 2.06. The summed E-state index contributed by atoms with van der Waals surface area (Å²) in [6.07, 6.45) is 5.29. The molecule has 0 saturated carbocycles. The molecule has 2 rings (SSSR count). The molecule has 14 heavy (non-hydrogen) atoms. The zero-order valence-electron chi connectivity index (χ0n) is 7.68. The van der Waals surface area contributed by atoms with Crippen LogP contribution in [0.3, 0.4) is 0 Å². The van der Waals surface area contributed by atoms with Gasteiger partial charge in [-0.3, -0.25) is 0 Å². The molecule has 0 N–H and O–H groups in total. The molecule has 0 fully saturated rings. The van der Waals surface area contributed by atoms with Crippen LogP contribution in [0.1, 0.15) is 12.8 Å². The zero-order valence-corrected chi connectivity index (χ0v) is 8.50. The molecular weight excluding hydrogens is 198 g/mol. The first kappa shape index (κ1) is 9.40. The van der Waals surface area contributed by atoms with Gasteiger partial charge in [-0.25, -0.2) is 0 Å². The van der Waals surface area contributed by atoms with Crippen molar-refractivity contribution in [2.45, 2.75) is 17.9 Å². The smallest absolute Gasteiger partial charge is 0.255 e. The van der Waals surface area contributed by atoms with Gasteiger partial charge in [0.15, 0.2) is 6.20 Å². The molecular formula is C10H11NO2S. The molecule has 0 atom stereocenters. The molecule has 1 aliphatic rings. The van der Waals surface area contributed by atoms with E-state index in [9.17, 15) is 5.21 Å². The van der Waals surface area contributed by atoms with Gasteiger partial charge in [0.2, 0.25) is 0 Å². The molecule has 0 bridgehead atoms. The quantitative estimate of drug-likeness (QED) is 0.552. The van der Waals surface area contributed by atoms with Crippen LogP contribution in [-0.4, -0.2) is 6.61 Å². The number of hydrogen-bond acceptors (Lipinski definition) is 3. The predicted molar refractivity (Wildman–Crippen MR) is 54.5 cm³/mol. The lowest BCUT2D eigenvalue weighted by molar-refractivity contribution is -0.645. The summed E-state index contributed by atoms with van der Waals surface area (Å²) >= 11 is 1.48. The van der Waals surface area contributed by atoms with E-state index in [0.717, 1.165) is 29.1 Å². The highest BCUT2D eigenvalue weighted by atomic mass is 32.2. The number of thioether (sulfide) groups is 1. The van der Waals surface area contributed by atoms with Crippen molar-refractivity contribution in [1.29, 1.82) is 0 Å². The second kappa shape index (κ2) is 4.37. The Bertz CT molecular complexity index is 352. The topological polar surface area (TPSA) is 36.2 Å². The molecule has 0 aliphatic carbocycles. The molecule has 0 unspecified atom stereocenters. The Morgan fingerprint density at radius 3 is 3.07 bits per heavy atom. The van der Waals surface area contributed by atoms with Gasteiger partial charge in [-0.15, -0.1) is 0 Å². The molecule has 0 aromatic carbocycles. The van der Waals surface area contributed by atoms with Crippen LogP contribution in [0.2, 0.25) is 0 Å². The van der Waals surface area contributed by atoms with E-state index in [2.05, 4.69) is 0 Å². The van der Waals surface area contributed by atoms with Crippen molar-refractivity contribution in [3.8, 4) is 0 Å². The van der Waals surface area contributed by atoms with E-state index >= 15 is 0 Å². The first-order valence-corrected chi connectivity index (χ1v) is 5.34. The average molecular weight is 209 g/mol. The minimum atomic E-state index is 0.698. The number of pyridine rings is 1. The Kier molecular flexibility index (Phi) is 2.93. The third-order valence-electron chi connectivity index (χ3n) is 1.92. The van der Waals surface area contributed by atoms with Crippen LogP contribution in [0.5, 0.6) is 0 Å². The van der Waals surface area contributed by atoms with Gasteiger partial charge >= 0.3 is 0 Å². The van der Waals surface area contributed by atoms with Gasteiger partial charge in [0.1, 0.15) is 0 Å². The highest BCUT2D eigenvalue weighted by molar-refractivity contribution is 8.02. The fraction of sp³-hybridized carbons (Fsp3) is 0.300. The van der Waals surface area contributed by atoms with Crippen LogP contribution in [0, 0.1) is 5.21 Å². The summed E-state index contributed by atoms with van der Waals surface area (Å²) < 4.78 is 6.08. The van der Waals surface area contributed by atoms with E-state index < -0.39 is 0 Å². The van der Waals surface area contributed by atoms with Crippen LogP contribution >= 0.6 is 11.8 Å². The molecule has 1 aromatic rings. The summed E-state index contributed by atoms with van der Waals surface area (Å²) in [7, 11) is 0. The minimum absolute atomic E-state index is 0.698. The number of aromatic nitrogens is 1. The van der Waals surface area contributed by atoms with Gasteiger partial charge in [-0.05, 0) is 30.7 Å². The van der Waals surface area contributed by atoms with Crippen molar-refractivity contribution in [3.63, 3.8) is 0 Å². The number of ether oxygens (including phenoxy) is 1. The van der Waals surface area contributed by atoms with Crippen molar-refractivity contribution in [3.05, 3.63) is 40.8 Å². The maximum atomic E-state index is 11.3. The molecule has 0 spiro atoms. The van der Waals surface area contributed by atoms with Crippen LogP contribution in [0.4, 0.5) is 0 Å². The third-order valence-corrected chi connectivity index (χ3v) is 3.01. The SMILES string of the molecule is [O-][n+]1ccccc1SC1=COCCC1. The summed E-state index contributed by atoms with van der Waals surface area (Å²) in [6.45, 7) is 0.788. The summed E-state index contributed by atoms with van der Waals surface area (Å²) in [5, 5.41) is 12.0. The zero-order chi connectivity index (χ0) is 9.80. The summed E-state index contributed by atoms with van der Waals surface area (Å²) in [5.74, 6) is 0. The van der Waals surface area contributed by atoms with Crippen LogP contribution in [0.25, 0.3) is 0 Å². The maximum absolute atomic E-state index is 11.3. The second-order valence-corrected chi connectivity index (χ2v) is 4.17. The van der Waals surface area contributed by atoms with Crippen molar-refractivity contribution in [1.82, 2.24) is 0 Å². The van der Waals surface area contributed by atoms with E-state index in [1.165, 1.54) is 18.0 Å². The van der Waals surface area contributed by atoms with Gasteiger partial charge in [-0.2, -0.15) is 4.73 Å². The molecule has 3 nitrogen and oxygen atoms in total. The van der Waals surface area contributed by atoms with E-state index in [1.807, 2.05) is 12.1 Å². The molecule has 0 radical (unpaired) electrons. The number of rotatable bonds is 2. The third kappa shape index (κ3) is 2.20. The highest BCUT2D eigenvalue weighted by Gasteiger charge is 2.11.